The fourth-order valence-electron chi connectivity index (χ4n) is 2.15. The third kappa shape index (κ3) is 3.41. The maximum Gasteiger partial charge on any atom is 0.237 e. The van der Waals surface area contributed by atoms with E-state index in [4.69, 9.17) is 5.73 Å². The number of para-hydroxylation sites is 1. The largest absolute Gasteiger partial charge is 0.394 e. The molecule has 114 valence electrons. The van der Waals surface area contributed by atoms with Gasteiger partial charge in [-0.2, -0.15) is 0 Å². The van der Waals surface area contributed by atoms with Crippen molar-refractivity contribution in [2.24, 2.45) is 5.73 Å². The normalized spacial score (nSPS) is 13.3. The summed E-state index contributed by atoms with van der Waals surface area (Å²) in [7, 11) is 0. The van der Waals surface area contributed by atoms with Crippen LogP contribution in [0.25, 0.3) is 10.9 Å². The maximum absolute atomic E-state index is 12.1. The Morgan fingerprint density at radius 2 is 2.05 bits per heavy atom. The van der Waals surface area contributed by atoms with E-state index in [1.165, 1.54) is 0 Å². The van der Waals surface area contributed by atoms with E-state index in [1.807, 2.05) is 30.5 Å². The van der Waals surface area contributed by atoms with E-state index >= 15 is 0 Å². The lowest BCUT2D eigenvalue weighted by atomic mass is 10.0. The molecule has 2 rings (SSSR count). The molecule has 0 spiro atoms. The highest BCUT2D eigenvalue weighted by atomic mass is 16.3. The van der Waals surface area contributed by atoms with Crippen molar-refractivity contribution in [2.75, 3.05) is 13.2 Å². The minimum Gasteiger partial charge on any atom is -0.394 e. The molecule has 0 unspecified atom stereocenters. The van der Waals surface area contributed by atoms with Gasteiger partial charge in [0.15, 0.2) is 0 Å². The smallest absolute Gasteiger partial charge is 0.237 e. The van der Waals surface area contributed by atoms with E-state index in [1.54, 1.807) is 6.92 Å². The van der Waals surface area contributed by atoms with Gasteiger partial charge in [-0.15, -0.1) is 0 Å². The molecule has 1 aromatic heterocycles. The summed E-state index contributed by atoms with van der Waals surface area (Å²) >= 11 is 0. The summed E-state index contributed by atoms with van der Waals surface area (Å²) in [6.07, 6.45) is 2.22. The van der Waals surface area contributed by atoms with Crippen LogP contribution in [0.15, 0.2) is 30.5 Å². The highest BCUT2D eigenvalue weighted by Gasteiger charge is 2.27. The molecule has 2 aromatic rings. The lowest BCUT2D eigenvalue weighted by Crippen LogP contribution is -2.56. The van der Waals surface area contributed by atoms with Gasteiger partial charge in [0.1, 0.15) is 0 Å². The topological polar surface area (TPSA) is 111 Å². The van der Waals surface area contributed by atoms with Crippen LogP contribution in [0.5, 0.6) is 0 Å². The SMILES string of the molecule is CC(CO)(CO)NC(=O)[C@@H](N)Cc1c[nH]c2ccccc12. The molecule has 0 radical (unpaired) electrons. The number of aromatic nitrogens is 1. The molecular weight excluding hydrogens is 270 g/mol. The molecule has 0 aliphatic heterocycles. The van der Waals surface area contributed by atoms with Gasteiger partial charge in [-0.25, -0.2) is 0 Å². The number of nitrogens with two attached hydrogens (primary N) is 1. The van der Waals surface area contributed by atoms with Gasteiger partial charge in [0.25, 0.3) is 0 Å². The molecule has 0 saturated carbocycles. The molecule has 0 aliphatic carbocycles. The van der Waals surface area contributed by atoms with E-state index in [-0.39, 0.29) is 13.2 Å². The Balaban J connectivity index is 2.07. The number of rotatable bonds is 6. The number of hydrogen-bond donors (Lipinski definition) is 5. The first-order valence-corrected chi connectivity index (χ1v) is 6.83. The minimum atomic E-state index is -1.06. The molecule has 1 aromatic carbocycles. The number of amides is 1. The zero-order valence-corrected chi connectivity index (χ0v) is 12.0. The second-order valence-corrected chi connectivity index (χ2v) is 5.54. The van der Waals surface area contributed by atoms with Crippen molar-refractivity contribution in [3.05, 3.63) is 36.0 Å². The van der Waals surface area contributed by atoms with E-state index in [0.29, 0.717) is 6.42 Å². The predicted molar refractivity (Wildman–Crippen MR) is 80.7 cm³/mol. The van der Waals surface area contributed by atoms with E-state index in [0.717, 1.165) is 16.5 Å². The molecule has 6 heteroatoms. The molecule has 6 N–H and O–H groups in total. The molecule has 6 nitrogen and oxygen atoms in total. The van der Waals surface area contributed by atoms with Crippen molar-refractivity contribution in [3.8, 4) is 0 Å². The third-order valence-corrected chi connectivity index (χ3v) is 3.57. The highest BCUT2D eigenvalue weighted by Crippen LogP contribution is 2.18. The van der Waals surface area contributed by atoms with Gasteiger partial charge in [0, 0.05) is 17.1 Å². The lowest BCUT2D eigenvalue weighted by Gasteiger charge is -2.27. The summed E-state index contributed by atoms with van der Waals surface area (Å²) in [6.45, 7) is 0.855. The zero-order chi connectivity index (χ0) is 15.5. The summed E-state index contributed by atoms with van der Waals surface area (Å²) in [5.41, 5.74) is 6.82. The number of fused-ring (bicyclic) bond motifs is 1. The number of aromatic amines is 1. The second-order valence-electron chi connectivity index (χ2n) is 5.54. The number of aliphatic hydroxyl groups excluding tert-OH is 2. The standard InChI is InChI=1S/C15H21N3O3/c1-15(8-19,9-20)18-14(21)12(16)6-10-7-17-13-5-3-2-4-11(10)13/h2-5,7,12,17,19-20H,6,8-9,16H2,1H3,(H,18,21)/t12-/m0/s1. The number of carbonyl (C=O) groups is 1. The highest BCUT2D eigenvalue weighted by molar-refractivity contribution is 5.86. The van der Waals surface area contributed by atoms with Crippen LogP contribution in [0, 0.1) is 0 Å². The van der Waals surface area contributed by atoms with Crippen molar-refractivity contribution < 1.29 is 15.0 Å². The number of hydrogen-bond acceptors (Lipinski definition) is 4. The van der Waals surface area contributed by atoms with Gasteiger partial charge in [0.2, 0.25) is 5.91 Å². The Bertz CT molecular complexity index is 619. The Hall–Kier alpha value is -1.89. The van der Waals surface area contributed by atoms with Gasteiger partial charge < -0.3 is 26.2 Å². The Morgan fingerprint density at radius 3 is 2.71 bits per heavy atom. The zero-order valence-electron chi connectivity index (χ0n) is 12.0. The number of H-pyrrole nitrogens is 1. The van der Waals surface area contributed by atoms with E-state index in [9.17, 15) is 15.0 Å². The molecule has 1 heterocycles. The van der Waals surface area contributed by atoms with Crippen LogP contribution < -0.4 is 11.1 Å². The molecule has 1 atom stereocenters. The first-order chi connectivity index (χ1) is 9.99. The van der Waals surface area contributed by atoms with Crippen molar-refractivity contribution in [3.63, 3.8) is 0 Å². The monoisotopic (exact) mass is 291 g/mol. The van der Waals surface area contributed by atoms with Crippen molar-refractivity contribution >= 4 is 16.8 Å². The van der Waals surface area contributed by atoms with Crippen molar-refractivity contribution in [1.29, 1.82) is 0 Å². The van der Waals surface area contributed by atoms with Crippen LogP contribution >= 0.6 is 0 Å². The predicted octanol–water partition coefficient (Wildman–Crippen LogP) is -0.103. The van der Waals surface area contributed by atoms with Gasteiger partial charge in [0.05, 0.1) is 24.8 Å². The van der Waals surface area contributed by atoms with Gasteiger partial charge in [-0.1, -0.05) is 18.2 Å². The van der Waals surface area contributed by atoms with Crippen LogP contribution in [-0.2, 0) is 11.2 Å². The summed E-state index contributed by atoms with van der Waals surface area (Å²) in [6, 6.07) is 7.04. The maximum atomic E-state index is 12.1. The average Bonchev–Trinajstić information content (AvgIpc) is 2.90. The van der Waals surface area contributed by atoms with Crippen LogP contribution in [0.1, 0.15) is 12.5 Å². The molecule has 1 amide bonds. The fourth-order valence-corrected chi connectivity index (χ4v) is 2.15. The second kappa shape index (κ2) is 6.26. The number of carbonyl (C=O) groups excluding carboxylic acids is 1. The number of benzene rings is 1. The first kappa shape index (κ1) is 15.5. The quantitative estimate of drug-likeness (QED) is 0.511. The van der Waals surface area contributed by atoms with Crippen molar-refractivity contribution in [2.45, 2.75) is 24.9 Å². The van der Waals surface area contributed by atoms with Crippen LogP contribution in [0.4, 0.5) is 0 Å². The molecular formula is C15H21N3O3. The third-order valence-electron chi connectivity index (χ3n) is 3.57. The van der Waals surface area contributed by atoms with Gasteiger partial charge >= 0.3 is 0 Å². The van der Waals surface area contributed by atoms with E-state index < -0.39 is 17.5 Å². The minimum absolute atomic E-state index is 0.352. The summed E-state index contributed by atoms with van der Waals surface area (Å²) in [5.74, 6) is -0.397. The molecule has 21 heavy (non-hydrogen) atoms. The number of aliphatic hydroxyl groups is 2. The van der Waals surface area contributed by atoms with Crippen LogP contribution in [-0.4, -0.2) is 45.9 Å². The molecule has 0 saturated heterocycles. The van der Waals surface area contributed by atoms with E-state index in [2.05, 4.69) is 10.3 Å². The summed E-state index contributed by atoms with van der Waals surface area (Å²) < 4.78 is 0. The molecule has 0 aliphatic rings. The first-order valence-electron chi connectivity index (χ1n) is 6.83. The molecule has 0 fully saturated rings. The molecule has 0 bridgehead atoms. The van der Waals surface area contributed by atoms with Gasteiger partial charge in [-0.3, -0.25) is 4.79 Å². The average molecular weight is 291 g/mol. The fraction of sp³-hybridized carbons (Fsp3) is 0.400. The Morgan fingerprint density at radius 1 is 1.38 bits per heavy atom. The Kier molecular flexibility index (Phi) is 4.62. The number of nitrogens with one attached hydrogen (secondary N) is 2. The van der Waals surface area contributed by atoms with Crippen LogP contribution in [0.3, 0.4) is 0 Å². The summed E-state index contributed by atoms with van der Waals surface area (Å²) in [5, 5.41) is 22.0. The van der Waals surface area contributed by atoms with Crippen LogP contribution in [0.2, 0.25) is 0 Å². The van der Waals surface area contributed by atoms with Gasteiger partial charge in [-0.05, 0) is 25.0 Å². The Labute approximate surface area is 123 Å². The van der Waals surface area contributed by atoms with Crippen molar-refractivity contribution in [1.82, 2.24) is 10.3 Å². The summed E-state index contributed by atoms with van der Waals surface area (Å²) in [4.78, 5) is 15.2. The lowest BCUT2D eigenvalue weighted by molar-refractivity contribution is -0.125.